The van der Waals surface area contributed by atoms with E-state index >= 15 is 0 Å². The average Bonchev–Trinajstić information content (AvgIpc) is 2.97. The summed E-state index contributed by atoms with van der Waals surface area (Å²) in [6.45, 7) is 7.33. The molecule has 1 aliphatic heterocycles. The third-order valence-electron chi connectivity index (χ3n) is 5.95. The number of nitrogens with zero attached hydrogens (tertiary/aromatic N) is 3. The summed E-state index contributed by atoms with van der Waals surface area (Å²) in [6.07, 6.45) is 2.41. The van der Waals surface area contributed by atoms with Gasteiger partial charge in [-0.2, -0.15) is 4.98 Å². The number of ketones is 1. The van der Waals surface area contributed by atoms with Crippen molar-refractivity contribution in [2.24, 2.45) is 5.73 Å². The molecule has 2 heterocycles. The molecule has 0 saturated carbocycles. The molecule has 0 bridgehead atoms. The minimum atomic E-state index is -1.11. The van der Waals surface area contributed by atoms with E-state index in [2.05, 4.69) is 37.4 Å². The molecule has 1 aromatic heterocycles. The van der Waals surface area contributed by atoms with Crippen LogP contribution in [0, 0.1) is 0 Å². The zero-order valence-corrected chi connectivity index (χ0v) is 22.6. The van der Waals surface area contributed by atoms with Crippen molar-refractivity contribution in [3.05, 3.63) is 65.8 Å². The Balaban J connectivity index is 1.55. The molecular formula is C27H28ClN7O6. The highest BCUT2D eigenvalue weighted by molar-refractivity contribution is 6.43. The van der Waals surface area contributed by atoms with Gasteiger partial charge in [0.25, 0.3) is 11.7 Å². The lowest BCUT2D eigenvalue weighted by Crippen LogP contribution is -2.38. The van der Waals surface area contributed by atoms with Gasteiger partial charge in [0.2, 0.25) is 11.9 Å². The van der Waals surface area contributed by atoms with Crippen LogP contribution in [0.5, 0.6) is 11.5 Å². The number of benzene rings is 2. The number of primary amides is 1. The van der Waals surface area contributed by atoms with Gasteiger partial charge < -0.3 is 36.3 Å². The number of rotatable bonds is 12. The molecule has 2 aromatic carbocycles. The topological polar surface area (TPSA) is 181 Å². The van der Waals surface area contributed by atoms with Crippen LogP contribution in [0.1, 0.15) is 10.4 Å². The lowest BCUT2D eigenvalue weighted by Gasteiger charge is -2.26. The van der Waals surface area contributed by atoms with Gasteiger partial charge in [0.05, 0.1) is 42.0 Å². The maximum atomic E-state index is 12.2. The Morgan fingerprint density at radius 1 is 1.15 bits per heavy atom. The number of amides is 2. The summed E-state index contributed by atoms with van der Waals surface area (Å²) in [5.41, 5.74) is 5.88. The van der Waals surface area contributed by atoms with Crippen LogP contribution in [0.3, 0.4) is 0 Å². The standard InChI is InChI=1S/C27H28ClN7O6/c1-2-23(37)31-20-13-19(21(36)14-22(20)41-12-9-35-7-10-40-11-8-35)33-27-30-15-17(28)26(34-27)32-18-6-4-3-5-16(18)24(38)25(29)39/h2-6,13-15,36H,1,7-12H2,(H2,29,39)(H,31,37)(H2,30,32,33,34). The summed E-state index contributed by atoms with van der Waals surface area (Å²) in [6, 6.07) is 9.05. The molecule has 1 fully saturated rings. The largest absolute Gasteiger partial charge is 0.506 e. The molecule has 13 nitrogen and oxygen atoms in total. The molecule has 14 heteroatoms. The highest BCUT2D eigenvalue weighted by Gasteiger charge is 2.19. The van der Waals surface area contributed by atoms with Crippen LogP contribution in [0.15, 0.2) is 55.3 Å². The molecule has 0 aliphatic carbocycles. The molecule has 3 aromatic rings. The molecule has 0 radical (unpaired) electrons. The van der Waals surface area contributed by atoms with Crippen molar-refractivity contribution >= 4 is 58.0 Å². The minimum Gasteiger partial charge on any atom is -0.506 e. The number of nitrogens with one attached hydrogen (secondary N) is 3. The number of Topliss-reactive ketones (excluding diaryl/α,β-unsaturated/α-hetero) is 1. The number of anilines is 5. The number of carbonyl (C=O) groups excluding carboxylic acids is 3. The molecule has 1 aliphatic rings. The second-order valence-corrected chi connectivity index (χ2v) is 9.15. The first-order valence-corrected chi connectivity index (χ1v) is 12.9. The number of morpholine rings is 1. The molecule has 6 N–H and O–H groups in total. The summed E-state index contributed by atoms with van der Waals surface area (Å²) < 4.78 is 11.2. The first-order chi connectivity index (χ1) is 19.7. The summed E-state index contributed by atoms with van der Waals surface area (Å²) in [5.74, 6) is -2.29. The Kier molecular flexibility index (Phi) is 9.68. The van der Waals surface area contributed by atoms with E-state index in [0.29, 0.717) is 26.4 Å². The molecule has 0 atom stereocenters. The SMILES string of the molecule is C=CC(=O)Nc1cc(Nc2ncc(Cl)c(Nc3ccccc3C(=O)C(N)=O)n2)c(O)cc1OCCN1CCOCC1. The van der Waals surface area contributed by atoms with Crippen molar-refractivity contribution in [2.45, 2.75) is 0 Å². The molecule has 214 valence electrons. The van der Waals surface area contributed by atoms with Gasteiger partial charge >= 0.3 is 0 Å². The highest BCUT2D eigenvalue weighted by Crippen LogP contribution is 2.37. The highest BCUT2D eigenvalue weighted by atomic mass is 35.5. The fourth-order valence-corrected chi connectivity index (χ4v) is 4.00. The van der Waals surface area contributed by atoms with Crippen LogP contribution in [-0.2, 0) is 14.3 Å². The second kappa shape index (κ2) is 13.6. The number of carbonyl (C=O) groups is 3. The van der Waals surface area contributed by atoms with E-state index in [1.807, 2.05) is 0 Å². The fourth-order valence-electron chi connectivity index (χ4n) is 3.87. The maximum absolute atomic E-state index is 12.2. The van der Waals surface area contributed by atoms with Crippen LogP contribution < -0.4 is 26.4 Å². The molecule has 1 saturated heterocycles. The lowest BCUT2D eigenvalue weighted by molar-refractivity contribution is -0.114. The number of halogens is 1. The van der Waals surface area contributed by atoms with E-state index in [-0.39, 0.29) is 50.9 Å². The predicted octanol–water partition coefficient (Wildman–Crippen LogP) is 2.83. The van der Waals surface area contributed by atoms with Crippen LogP contribution in [-0.4, -0.2) is 77.0 Å². The van der Waals surface area contributed by atoms with Crippen molar-refractivity contribution in [3.63, 3.8) is 0 Å². The van der Waals surface area contributed by atoms with Crippen molar-refractivity contribution in [3.8, 4) is 11.5 Å². The van der Waals surface area contributed by atoms with E-state index in [0.717, 1.165) is 19.2 Å². The van der Waals surface area contributed by atoms with Gasteiger partial charge in [-0.25, -0.2) is 4.98 Å². The number of aromatic hydroxyl groups is 1. The van der Waals surface area contributed by atoms with Gasteiger partial charge in [-0.3, -0.25) is 19.3 Å². The zero-order chi connectivity index (χ0) is 29.4. The average molecular weight is 582 g/mol. The third kappa shape index (κ3) is 7.69. The van der Waals surface area contributed by atoms with Gasteiger partial charge in [0.1, 0.15) is 23.1 Å². The molecule has 0 unspecified atom stereocenters. The van der Waals surface area contributed by atoms with Gasteiger partial charge in [0.15, 0.2) is 5.82 Å². The monoisotopic (exact) mass is 581 g/mol. The van der Waals surface area contributed by atoms with E-state index < -0.39 is 17.6 Å². The number of hydrogen-bond acceptors (Lipinski definition) is 11. The summed E-state index contributed by atoms with van der Waals surface area (Å²) in [4.78, 5) is 46.4. The Morgan fingerprint density at radius 3 is 2.63 bits per heavy atom. The molecular weight excluding hydrogens is 554 g/mol. The molecule has 4 rings (SSSR count). The van der Waals surface area contributed by atoms with E-state index in [1.165, 1.54) is 24.4 Å². The molecule has 0 spiro atoms. The van der Waals surface area contributed by atoms with Gasteiger partial charge in [-0.05, 0) is 24.3 Å². The normalized spacial score (nSPS) is 13.2. The Hall–Kier alpha value is -4.72. The predicted molar refractivity (Wildman–Crippen MR) is 153 cm³/mol. The third-order valence-corrected chi connectivity index (χ3v) is 6.23. The summed E-state index contributed by atoms with van der Waals surface area (Å²) >= 11 is 6.27. The number of para-hydroxylation sites is 1. The number of aromatic nitrogens is 2. The number of nitrogens with two attached hydrogens (primary N) is 1. The molecule has 2 amide bonds. The van der Waals surface area contributed by atoms with Crippen LogP contribution in [0.25, 0.3) is 0 Å². The Labute approximate surface area is 240 Å². The lowest BCUT2D eigenvalue weighted by atomic mass is 10.1. The van der Waals surface area contributed by atoms with Crippen molar-refractivity contribution < 1.29 is 29.0 Å². The maximum Gasteiger partial charge on any atom is 0.289 e. The van der Waals surface area contributed by atoms with Crippen LogP contribution >= 0.6 is 11.6 Å². The first-order valence-electron chi connectivity index (χ1n) is 12.5. The second-order valence-electron chi connectivity index (χ2n) is 8.74. The number of phenols is 1. The quantitative estimate of drug-likeness (QED) is 0.0697. The van der Waals surface area contributed by atoms with E-state index in [1.54, 1.807) is 18.2 Å². The van der Waals surface area contributed by atoms with Gasteiger partial charge in [-0.1, -0.05) is 30.3 Å². The van der Waals surface area contributed by atoms with E-state index in [4.69, 9.17) is 26.8 Å². The smallest absolute Gasteiger partial charge is 0.289 e. The van der Waals surface area contributed by atoms with E-state index in [9.17, 15) is 19.5 Å². The molecule has 41 heavy (non-hydrogen) atoms. The number of phenolic OH excluding ortho intramolecular Hbond substituents is 1. The first kappa shape index (κ1) is 29.3. The summed E-state index contributed by atoms with van der Waals surface area (Å²) in [5, 5.41) is 19.3. The number of hydrogen-bond donors (Lipinski definition) is 5. The van der Waals surface area contributed by atoms with Crippen LogP contribution in [0.4, 0.5) is 28.8 Å². The van der Waals surface area contributed by atoms with Crippen molar-refractivity contribution in [1.82, 2.24) is 14.9 Å². The zero-order valence-electron chi connectivity index (χ0n) is 21.9. The van der Waals surface area contributed by atoms with Crippen LogP contribution in [0.2, 0.25) is 5.02 Å². The van der Waals surface area contributed by atoms with Gasteiger partial charge in [-0.15, -0.1) is 0 Å². The minimum absolute atomic E-state index is 0.0212. The van der Waals surface area contributed by atoms with Crippen molar-refractivity contribution in [1.29, 1.82) is 0 Å². The Morgan fingerprint density at radius 2 is 1.90 bits per heavy atom. The number of ether oxygens (including phenoxy) is 2. The Bertz CT molecular complexity index is 1460. The van der Waals surface area contributed by atoms with Crippen molar-refractivity contribution in [2.75, 3.05) is 55.4 Å². The van der Waals surface area contributed by atoms with Gasteiger partial charge in [0, 0.05) is 25.7 Å². The summed E-state index contributed by atoms with van der Waals surface area (Å²) in [7, 11) is 0. The fraction of sp³-hybridized carbons (Fsp3) is 0.222.